The van der Waals surface area contributed by atoms with Gasteiger partial charge in [-0.2, -0.15) is 0 Å². The number of para-hydroxylation sites is 1. The molecule has 0 aliphatic rings. The predicted molar refractivity (Wildman–Crippen MR) is 76.1 cm³/mol. The van der Waals surface area contributed by atoms with E-state index in [2.05, 4.69) is 0 Å². The van der Waals surface area contributed by atoms with Crippen molar-refractivity contribution in [1.29, 1.82) is 0 Å². The van der Waals surface area contributed by atoms with Crippen molar-refractivity contribution < 1.29 is 9.90 Å². The second-order valence-corrected chi connectivity index (χ2v) is 4.85. The largest absolute Gasteiger partial charge is 0.462 e. The maximum atomic E-state index is 11.3. The molecular weight excluding hydrogens is 309 g/mol. The SMILES string of the molecule is [O]C(=O)N(c1ccccc1)c1cc(Cl)c(Cl)c(Cl)c1. The van der Waals surface area contributed by atoms with Gasteiger partial charge in [-0.1, -0.05) is 53.0 Å². The minimum Gasteiger partial charge on any atom is -0.243 e. The Kier molecular flexibility index (Phi) is 4.20. The molecule has 2 aromatic rings. The first-order valence-corrected chi connectivity index (χ1v) is 6.35. The van der Waals surface area contributed by atoms with Gasteiger partial charge >= 0.3 is 6.09 Å². The van der Waals surface area contributed by atoms with Crippen LogP contribution in [0.15, 0.2) is 42.5 Å². The molecule has 0 saturated carbocycles. The Balaban J connectivity index is 2.55. The number of hydrogen-bond donors (Lipinski definition) is 0. The summed E-state index contributed by atoms with van der Waals surface area (Å²) in [5.41, 5.74) is 0.697. The molecule has 1 radical (unpaired) electrons. The molecule has 2 rings (SSSR count). The van der Waals surface area contributed by atoms with E-state index in [4.69, 9.17) is 34.8 Å². The van der Waals surface area contributed by atoms with Gasteiger partial charge in [0.05, 0.1) is 26.4 Å². The Bertz CT molecular complexity index is 594. The van der Waals surface area contributed by atoms with Crippen LogP contribution in [0.5, 0.6) is 0 Å². The molecule has 0 N–H and O–H groups in total. The van der Waals surface area contributed by atoms with E-state index in [1.807, 2.05) is 0 Å². The average Bonchev–Trinajstić information content (AvgIpc) is 2.37. The molecule has 0 unspecified atom stereocenters. The number of carbonyl (C=O) groups is 1. The summed E-state index contributed by atoms with van der Waals surface area (Å²) in [7, 11) is 0. The van der Waals surface area contributed by atoms with Crippen molar-refractivity contribution in [2.24, 2.45) is 0 Å². The number of hydrogen-bond acceptors (Lipinski definition) is 1. The second-order valence-electron chi connectivity index (χ2n) is 3.66. The zero-order chi connectivity index (χ0) is 14.0. The Morgan fingerprint density at radius 1 is 0.895 bits per heavy atom. The zero-order valence-electron chi connectivity index (χ0n) is 9.44. The average molecular weight is 316 g/mol. The number of rotatable bonds is 2. The van der Waals surface area contributed by atoms with Crippen LogP contribution in [-0.4, -0.2) is 6.09 Å². The van der Waals surface area contributed by atoms with Crippen LogP contribution in [0.4, 0.5) is 16.2 Å². The fourth-order valence-electron chi connectivity index (χ4n) is 1.61. The van der Waals surface area contributed by atoms with Crippen LogP contribution in [0.2, 0.25) is 15.1 Å². The number of benzene rings is 2. The van der Waals surface area contributed by atoms with Gasteiger partial charge in [-0.3, -0.25) is 0 Å². The van der Waals surface area contributed by atoms with E-state index >= 15 is 0 Å². The minimum atomic E-state index is -1.39. The molecule has 1 amide bonds. The first-order chi connectivity index (χ1) is 9.00. The fraction of sp³-hybridized carbons (Fsp3) is 0. The molecule has 0 aliphatic heterocycles. The number of carbonyl (C=O) groups excluding carboxylic acids is 1. The highest BCUT2D eigenvalue weighted by atomic mass is 35.5. The molecule has 0 fully saturated rings. The predicted octanol–water partition coefficient (Wildman–Crippen LogP) is 5.34. The van der Waals surface area contributed by atoms with Crippen molar-refractivity contribution in [2.45, 2.75) is 0 Å². The summed E-state index contributed by atoms with van der Waals surface area (Å²) in [6, 6.07) is 11.3. The smallest absolute Gasteiger partial charge is 0.243 e. The summed E-state index contributed by atoms with van der Waals surface area (Å²) in [6.07, 6.45) is -1.39. The third-order valence-electron chi connectivity index (χ3n) is 2.42. The monoisotopic (exact) mass is 314 g/mol. The van der Waals surface area contributed by atoms with Crippen LogP contribution >= 0.6 is 34.8 Å². The lowest BCUT2D eigenvalue weighted by molar-refractivity contribution is 0.179. The van der Waals surface area contributed by atoms with Gasteiger partial charge in [-0.15, -0.1) is 0 Å². The zero-order valence-corrected chi connectivity index (χ0v) is 11.7. The fourth-order valence-corrected chi connectivity index (χ4v) is 2.19. The molecule has 97 valence electrons. The molecule has 0 saturated heterocycles. The number of nitrogens with zero attached hydrogens (tertiary/aromatic N) is 1. The highest BCUT2D eigenvalue weighted by Gasteiger charge is 2.20. The van der Waals surface area contributed by atoms with E-state index in [9.17, 15) is 9.90 Å². The first-order valence-electron chi connectivity index (χ1n) is 5.21. The topological polar surface area (TPSA) is 40.2 Å². The maximum Gasteiger partial charge on any atom is 0.462 e. The van der Waals surface area contributed by atoms with Gasteiger partial charge in [0.2, 0.25) is 0 Å². The lowest BCUT2D eigenvalue weighted by Gasteiger charge is -2.19. The van der Waals surface area contributed by atoms with E-state index < -0.39 is 6.09 Å². The third-order valence-corrected chi connectivity index (χ3v) is 3.62. The molecule has 19 heavy (non-hydrogen) atoms. The van der Waals surface area contributed by atoms with Gasteiger partial charge in [0.1, 0.15) is 0 Å². The Hall–Kier alpha value is -1.42. The lowest BCUT2D eigenvalue weighted by Crippen LogP contribution is -2.22. The minimum absolute atomic E-state index is 0.173. The van der Waals surface area contributed by atoms with E-state index in [1.54, 1.807) is 30.3 Å². The van der Waals surface area contributed by atoms with Crippen LogP contribution < -0.4 is 4.90 Å². The van der Waals surface area contributed by atoms with Crippen LogP contribution in [0, 0.1) is 0 Å². The van der Waals surface area contributed by atoms with Crippen molar-refractivity contribution in [3.8, 4) is 0 Å². The molecule has 0 spiro atoms. The summed E-state index contributed by atoms with van der Waals surface area (Å²) in [5, 5.41) is 11.8. The number of anilines is 2. The van der Waals surface area contributed by atoms with Crippen LogP contribution in [-0.2, 0) is 5.11 Å². The van der Waals surface area contributed by atoms with Gasteiger partial charge < -0.3 is 0 Å². The summed E-state index contributed by atoms with van der Waals surface area (Å²) < 4.78 is 0. The molecule has 0 heterocycles. The van der Waals surface area contributed by atoms with Gasteiger partial charge in [-0.05, 0) is 24.3 Å². The Labute approximate surface area is 124 Å². The number of halogens is 3. The molecule has 3 nitrogen and oxygen atoms in total. The summed E-state index contributed by atoms with van der Waals surface area (Å²) in [5.74, 6) is 0. The maximum absolute atomic E-state index is 11.3. The van der Waals surface area contributed by atoms with Crippen molar-refractivity contribution in [3.63, 3.8) is 0 Å². The molecule has 0 aliphatic carbocycles. The van der Waals surface area contributed by atoms with E-state index in [0.29, 0.717) is 5.69 Å². The van der Waals surface area contributed by atoms with Crippen molar-refractivity contribution in [1.82, 2.24) is 0 Å². The molecule has 2 aromatic carbocycles. The Morgan fingerprint density at radius 2 is 1.42 bits per heavy atom. The summed E-state index contributed by atoms with van der Waals surface area (Å²) >= 11 is 17.6. The molecule has 0 atom stereocenters. The quantitative estimate of drug-likeness (QED) is 0.690. The van der Waals surface area contributed by atoms with Crippen molar-refractivity contribution in [3.05, 3.63) is 57.5 Å². The summed E-state index contributed by atoms with van der Waals surface area (Å²) in [4.78, 5) is 12.3. The van der Waals surface area contributed by atoms with E-state index in [1.165, 1.54) is 12.1 Å². The highest BCUT2D eigenvalue weighted by Crippen LogP contribution is 2.36. The van der Waals surface area contributed by atoms with Gasteiger partial charge in [0.15, 0.2) is 0 Å². The highest BCUT2D eigenvalue weighted by molar-refractivity contribution is 6.48. The van der Waals surface area contributed by atoms with E-state index in [0.717, 1.165) is 4.90 Å². The van der Waals surface area contributed by atoms with Crippen molar-refractivity contribution in [2.75, 3.05) is 4.90 Å². The van der Waals surface area contributed by atoms with Crippen molar-refractivity contribution >= 4 is 52.3 Å². The summed E-state index contributed by atoms with van der Waals surface area (Å²) in [6.45, 7) is 0. The Morgan fingerprint density at radius 3 is 1.89 bits per heavy atom. The van der Waals surface area contributed by atoms with Crippen LogP contribution in [0.25, 0.3) is 0 Å². The second kappa shape index (κ2) is 5.70. The lowest BCUT2D eigenvalue weighted by atomic mass is 10.2. The normalized spacial score (nSPS) is 10.3. The molecule has 0 bridgehead atoms. The first kappa shape index (κ1) is 14.0. The molecular formula is C13H7Cl3NO2. The van der Waals surface area contributed by atoms with Crippen LogP contribution in [0.1, 0.15) is 0 Å². The standard InChI is InChI=1S/C13H7Cl3NO2/c14-10-6-9(7-11(15)12(10)16)17(13(18)19)8-4-2-1-3-5-8/h1-7H. The van der Waals surface area contributed by atoms with Gasteiger partial charge in [0, 0.05) is 0 Å². The van der Waals surface area contributed by atoms with Gasteiger partial charge in [0.25, 0.3) is 0 Å². The van der Waals surface area contributed by atoms with Crippen LogP contribution in [0.3, 0.4) is 0 Å². The van der Waals surface area contributed by atoms with Gasteiger partial charge in [-0.25, -0.2) is 14.8 Å². The molecule has 6 heteroatoms. The number of amides is 1. The third kappa shape index (κ3) is 2.95. The molecule has 0 aromatic heterocycles. The van der Waals surface area contributed by atoms with E-state index in [-0.39, 0.29) is 20.8 Å².